The van der Waals surface area contributed by atoms with Gasteiger partial charge >= 0.3 is 0 Å². The van der Waals surface area contributed by atoms with Gasteiger partial charge in [-0.1, -0.05) is 46.3 Å². The number of aromatic nitrogens is 1. The molecule has 0 fully saturated rings. The van der Waals surface area contributed by atoms with E-state index in [9.17, 15) is 10.1 Å². The number of H-pyrrole nitrogens is 1. The van der Waals surface area contributed by atoms with Crippen LogP contribution < -0.4 is 5.32 Å². The zero-order valence-corrected chi connectivity index (χ0v) is 15.0. The summed E-state index contributed by atoms with van der Waals surface area (Å²) < 4.78 is 0.901. The summed E-state index contributed by atoms with van der Waals surface area (Å²) in [6, 6.07) is 17.5. The van der Waals surface area contributed by atoms with E-state index in [1.54, 1.807) is 6.08 Å². The van der Waals surface area contributed by atoms with Crippen molar-refractivity contribution in [3.05, 3.63) is 75.9 Å². The molecule has 0 bridgehead atoms. The maximum atomic E-state index is 12.2. The molecule has 0 atom stereocenters. The largest absolute Gasteiger partial charge is 0.361 e. The average Bonchev–Trinajstić information content (AvgIpc) is 3.03. The van der Waals surface area contributed by atoms with Gasteiger partial charge in [0, 0.05) is 28.1 Å². The quantitative estimate of drug-likeness (QED) is 0.503. The molecule has 2 aromatic carbocycles. The third kappa shape index (κ3) is 4.17. The summed E-state index contributed by atoms with van der Waals surface area (Å²) in [5, 5.41) is 13.2. The maximum absolute atomic E-state index is 12.2. The lowest BCUT2D eigenvalue weighted by Crippen LogP contribution is -2.26. The number of nitrogens with zero attached hydrogens (tertiary/aromatic N) is 1. The third-order valence-corrected chi connectivity index (χ3v) is 4.37. The van der Waals surface area contributed by atoms with E-state index in [-0.39, 0.29) is 11.5 Å². The van der Waals surface area contributed by atoms with Gasteiger partial charge in [0.2, 0.25) is 0 Å². The Morgan fingerprint density at radius 3 is 2.88 bits per heavy atom. The number of nitriles is 1. The molecule has 0 saturated heterocycles. The zero-order valence-electron chi connectivity index (χ0n) is 13.4. The van der Waals surface area contributed by atoms with Crippen LogP contribution in [0.25, 0.3) is 17.0 Å². The maximum Gasteiger partial charge on any atom is 0.261 e. The summed E-state index contributed by atoms with van der Waals surface area (Å²) in [7, 11) is 0. The fourth-order valence-electron chi connectivity index (χ4n) is 2.66. The predicted molar refractivity (Wildman–Crippen MR) is 103 cm³/mol. The number of rotatable bonds is 5. The van der Waals surface area contributed by atoms with E-state index in [0.29, 0.717) is 13.0 Å². The van der Waals surface area contributed by atoms with Crippen LogP contribution in [0.15, 0.2) is 64.8 Å². The molecule has 0 spiro atoms. The SMILES string of the molecule is N#C/C(=C/c1cccc(Br)c1)C(=O)NCCc1c[nH]c2ccccc12. The molecule has 0 saturated carbocycles. The van der Waals surface area contributed by atoms with Crippen LogP contribution in [0, 0.1) is 11.3 Å². The zero-order chi connectivity index (χ0) is 17.6. The number of amides is 1. The number of halogens is 1. The molecular weight excluding hydrogens is 378 g/mol. The first-order chi connectivity index (χ1) is 12.2. The van der Waals surface area contributed by atoms with Gasteiger partial charge in [0.05, 0.1) is 0 Å². The minimum Gasteiger partial charge on any atom is -0.361 e. The number of fused-ring (bicyclic) bond motifs is 1. The number of hydrogen-bond acceptors (Lipinski definition) is 2. The molecule has 0 aliphatic heterocycles. The molecule has 4 nitrogen and oxygen atoms in total. The number of nitrogens with one attached hydrogen (secondary N) is 2. The third-order valence-electron chi connectivity index (χ3n) is 3.88. The van der Waals surface area contributed by atoms with E-state index in [0.717, 1.165) is 26.5 Å². The Labute approximate surface area is 154 Å². The topological polar surface area (TPSA) is 68.7 Å². The Morgan fingerprint density at radius 2 is 2.08 bits per heavy atom. The number of carbonyl (C=O) groups excluding carboxylic acids is 1. The van der Waals surface area contributed by atoms with Crippen LogP contribution in [0.5, 0.6) is 0 Å². The molecule has 0 aliphatic carbocycles. The monoisotopic (exact) mass is 393 g/mol. The first-order valence-corrected chi connectivity index (χ1v) is 8.67. The van der Waals surface area contributed by atoms with Crippen LogP contribution in [-0.4, -0.2) is 17.4 Å². The Morgan fingerprint density at radius 1 is 1.24 bits per heavy atom. The lowest BCUT2D eigenvalue weighted by molar-refractivity contribution is -0.117. The van der Waals surface area contributed by atoms with Crippen LogP contribution in [0.2, 0.25) is 0 Å². The van der Waals surface area contributed by atoms with Gasteiger partial charge in [0.25, 0.3) is 5.91 Å². The highest BCUT2D eigenvalue weighted by molar-refractivity contribution is 9.10. The summed E-state index contributed by atoms with van der Waals surface area (Å²) in [5.41, 5.74) is 3.12. The Balaban J connectivity index is 1.64. The van der Waals surface area contributed by atoms with Crippen molar-refractivity contribution < 1.29 is 4.79 Å². The molecule has 1 aromatic heterocycles. The molecule has 5 heteroatoms. The van der Waals surface area contributed by atoms with E-state index in [2.05, 4.69) is 32.3 Å². The van der Waals surface area contributed by atoms with Crippen molar-refractivity contribution in [1.82, 2.24) is 10.3 Å². The second-order valence-corrected chi connectivity index (χ2v) is 6.51. The summed E-state index contributed by atoms with van der Waals surface area (Å²) in [4.78, 5) is 15.5. The van der Waals surface area contributed by atoms with Crippen molar-refractivity contribution in [2.45, 2.75) is 6.42 Å². The van der Waals surface area contributed by atoms with Crippen molar-refractivity contribution in [2.75, 3.05) is 6.54 Å². The standard InChI is InChI=1S/C20H16BrN3O/c21-17-5-3-4-14(11-17)10-16(12-22)20(25)23-9-8-15-13-24-19-7-2-1-6-18(15)19/h1-7,10-11,13,24H,8-9H2,(H,23,25)/b16-10-. The molecule has 1 heterocycles. The summed E-state index contributed by atoms with van der Waals surface area (Å²) >= 11 is 3.38. The fourth-order valence-corrected chi connectivity index (χ4v) is 3.07. The molecule has 0 unspecified atom stereocenters. The minimum atomic E-state index is -0.359. The molecule has 0 radical (unpaired) electrons. The number of aromatic amines is 1. The van der Waals surface area contributed by atoms with Crippen LogP contribution in [-0.2, 0) is 11.2 Å². The highest BCUT2D eigenvalue weighted by Gasteiger charge is 2.09. The second-order valence-electron chi connectivity index (χ2n) is 5.59. The van der Waals surface area contributed by atoms with Crippen molar-refractivity contribution in [1.29, 1.82) is 5.26 Å². The van der Waals surface area contributed by atoms with Crippen LogP contribution in [0.3, 0.4) is 0 Å². The van der Waals surface area contributed by atoms with E-state index in [1.165, 1.54) is 0 Å². The Hall–Kier alpha value is -2.84. The lowest BCUT2D eigenvalue weighted by atomic mass is 10.1. The number of hydrogen-bond donors (Lipinski definition) is 2. The molecule has 0 aliphatic rings. The van der Waals surface area contributed by atoms with Gasteiger partial charge in [0.15, 0.2) is 0 Å². The van der Waals surface area contributed by atoms with Crippen molar-refractivity contribution in [3.63, 3.8) is 0 Å². The number of para-hydroxylation sites is 1. The predicted octanol–water partition coefficient (Wildman–Crippen LogP) is 4.20. The minimum absolute atomic E-state index is 0.0945. The molecule has 3 aromatic rings. The van der Waals surface area contributed by atoms with Gasteiger partial charge in [-0.25, -0.2) is 0 Å². The van der Waals surface area contributed by atoms with Gasteiger partial charge < -0.3 is 10.3 Å². The average molecular weight is 394 g/mol. The lowest BCUT2D eigenvalue weighted by Gasteiger charge is -2.04. The van der Waals surface area contributed by atoms with Gasteiger partial charge in [-0.2, -0.15) is 5.26 Å². The van der Waals surface area contributed by atoms with E-state index in [4.69, 9.17) is 0 Å². The normalized spacial score (nSPS) is 11.3. The number of carbonyl (C=O) groups is 1. The van der Waals surface area contributed by atoms with Crippen LogP contribution in [0.4, 0.5) is 0 Å². The van der Waals surface area contributed by atoms with E-state index >= 15 is 0 Å². The molecule has 3 rings (SSSR count). The summed E-state index contributed by atoms with van der Waals surface area (Å²) in [6.45, 7) is 0.470. The molecule has 2 N–H and O–H groups in total. The molecule has 1 amide bonds. The van der Waals surface area contributed by atoms with Gasteiger partial charge in [-0.05, 0) is 41.8 Å². The fraction of sp³-hybridized carbons (Fsp3) is 0.100. The van der Waals surface area contributed by atoms with Crippen molar-refractivity contribution >= 4 is 38.8 Å². The summed E-state index contributed by atoms with van der Waals surface area (Å²) in [6.07, 6.45) is 4.25. The smallest absolute Gasteiger partial charge is 0.261 e. The van der Waals surface area contributed by atoms with Crippen LogP contribution in [0.1, 0.15) is 11.1 Å². The summed E-state index contributed by atoms with van der Waals surface area (Å²) in [5.74, 6) is -0.359. The van der Waals surface area contributed by atoms with Gasteiger partial charge in [-0.3, -0.25) is 4.79 Å². The van der Waals surface area contributed by atoms with Crippen molar-refractivity contribution in [3.8, 4) is 6.07 Å². The van der Waals surface area contributed by atoms with Gasteiger partial charge in [0.1, 0.15) is 11.6 Å². The Bertz CT molecular complexity index is 982. The number of benzene rings is 2. The Kier molecular flexibility index (Phi) is 5.32. The second kappa shape index (κ2) is 7.82. The van der Waals surface area contributed by atoms with Gasteiger partial charge in [-0.15, -0.1) is 0 Å². The highest BCUT2D eigenvalue weighted by Crippen LogP contribution is 2.18. The molecule has 124 valence electrons. The molecular formula is C20H16BrN3O. The highest BCUT2D eigenvalue weighted by atomic mass is 79.9. The first-order valence-electron chi connectivity index (χ1n) is 7.88. The van der Waals surface area contributed by atoms with E-state index in [1.807, 2.05) is 54.7 Å². The molecule has 25 heavy (non-hydrogen) atoms. The van der Waals surface area contributed by atoms with Crippen LogP contribution >= 0.6 is 15.9 Å². The van der Waals surface area contributed by atoms with Crippen molar-refractivity contribution in [2.24, 2.45) is 0 Å². The first kappa shape index (κ1) is 17.0. The van der Waals surface area contributed by atoms with E-state index < -0.39 is 0 Å².